The van der Waals surface area contributed by atoms with Crippen molar-refractivity contribution in [2.24, 2.45) is 22.7 Å². The number of nitrogens with two attached hydrogens (primary N) is 2. The minimum Gasteiger partial charge on any atom is -0.320 e. The van der Waals surface area contributed by atoms with Gasteiger partial charge in [0.1, 0.15) is 0 Å². The van der Waals surface area contributed by atoms with Crippen LogP contribution in [0.4, 0.5) is 0 Å². The summed E-state index contributed by atoms with van der Waals surface area (Å²) in [5.74, 6) is 11.0. The minimum atomic E-state index is -0.376. The molecule has 11 heteroatoms. The molecule has 1 atom stereocenters. The van der Waals surface area contributed by atoms with E-state index < -0.39 is 0 Å². The third-order valence-corrected chi connectivity index (χ3v) is 6.91. The predicted octanol–water partition coefficient (Wildman–Crippen LogP) is 4.80. The van der Waals surface area contributed by atoms with Crippen molar-refractivity contribution in [1.29, 1.82) is 0 Å². The van der Waals surface area contributed by atoms with Crippen LogP contribution in [-0.4, -0.2) is 46.2 Å². The second kappa shape index (κ2) is 14.3. The third-order valence-electron chi connectivity index (χ3n) is 6.47. The molecule has 0 aliphatic heterocycles. The van der Waals surface area contributed by atoms with Crippen LogP contribution in [0.15, 0.2) is 53.6 Å². The standard InChI is InChI=1S/C28H38Cl2N8O/c1-5-37(16-18(2)3)11-10-19(4)26-15-25(22-12-23(29)14-24(30)13-22)36-38(26)17-20-6-8-21(9-7-20)27(39)33-28(34-31)35-32/h6-9,12-15,18-19H,5,10-11,16-17,31-32H2,1-4H3,(H2,33,34,35,39). The van der Waals surface area contributed by atoms with Crippen molar-refractivity contribution in [2.75, 3.05) is 19.6 Å². The zero-order valence-electron chi connectivity index (χ0n) is 22.9. The maximum absolute atomic E-state index is 12.4. The molecule has 0 aliphatic carbocycles. The summed E-state index contributed by atoms with van der Waals surface area (Å²) in [4.78, 5) is 14.9. The number of hydrazone groups is 1. The summed E-state index contributed by atoms with van der Waals surface area (Å²) in [6, 6.07) is 14.9. The van der Waals surface area contributed by atoms with E-state index in [1.54, 1.807) is 18.2 Å². The van der Waals surface area contributed by atoms with Crippen molar-refractivity contribution >= 4 is 35.1 Å². The van der Waals surface area contributed by atoms with Gasteiger partial charge >= 0.3 is 0 Å². The largest absolute Gasteiger partial charge is 0.320 e. The van der Waals surface area contributed by atoms with E-state index in [2.05, 4.69) is 54.5 Å². The van der Waals surface area contributed by atoms with Gasteiger partial charge in [0.15, 0.2) is 0 Å². The number of halogens is 2. The first kappa shape index (κ1) is 30.4. The van der Waals surface area contributed by atoms with Crippen molar-refractivity contribution in [2.45, 2.75) is 46.6 Å². The van der Waals surface area contributed by atoms with Crippen LogP contribution < -0.4 is 22.4 Å². The molecule has 0 spiro atoms. The molecule has 1 heterocycles. The van der Waals surface area contributed by atoms with Gasteiger partial charge in [-0.05, 0) is 73.3 Å². The van der Waals surface area contributed by atoms with Gasteiger partial charge in [0, 0.05) is 33.4 Å². The Morgan fingerprint density at radius 1 is 1.10 bits per heavy atom. The fourth-order valence-corrected chi connectivity index (χ4v) is 4.96. The summed E-state index contributed by atoms with van der Waals surface area (Å²) in [6.45, 7) is 12.6. The number of amides is 1. The van der Waals surface area contributed by atoms with Gasteiger partial charge in [-0.2, -0.15) is 5.10 Å². The minimum absolute atomic E-state index is 0.0251. The topological polar surface area (TPSA) is 127 Å². The Morgan fingerprint density at radius 2 is 1.77 bits per heavy atom. The highest BCUT2D eigenvalue weighted by atomic mass is 35.5. The Hall–Kier alpha value is -3.11. The first-order valence-electron chi connectivity index (χ1n) is 13.0. The molecule has 6 N–H and O–H groups in total. The normalized spacial score (nSPS) is 12.7. The van der Waals surface area contributed by atoms with Gasteiger partial charge < -0.3 is 10.7 Å². The number of nitrogens with one attached hydrogen (secondary N) is 2. The zero-order chi connectivity index (χ0) is 28.5. The molecule has 39 heavy (non-hydrogen) atoms. The van der Waals surface area contributed by atoms with E-state index in [4.69, 9.17) is 40.0 Å². The monoisotopic (exact) mass is 572 g/mol. The SMILES string of the molecule is CCN(CCC(C)c1cc(-c2cc(Cl)cc(Cl)c2)nn1Cc1ccc(C(=O)N/C(=N/N)NN)cc1)CC(C)C. The molecule has 1 unspecified atom stereocenters. The fourth-order valence-electron chi connectivity index (χ4n) is 4.44. The summed E-state index contributed by atoms with van der Waals surface area (Å²) in [6.07, 6.45) is 1.00. The van der Waals surface area contributed by atoms with E-state index in [9.17, 15) is 4.79 Å². The Balaban J connectivity index is 1.86. The molecule has 0 aliphatic rings. The zero-order valence-corrected chi connectivity index (χ0v) is 24.4. The number of hydrogen-bond donors (Lipinski definition) is 4. The molecule has 210 valence electrons. The summed E-state index contributed by atoms with van der Waals surface area (Å²) >= 11 is 12.6. The lowest BCUT2D eigenvalue weighted by Crippen LogP contribution is -2.45. The van der Waals surface area contributed by atoms with E-state index in [0.717, 1.165) is 48.6 Å². The van der Waals surface area contributed by atoms with Crippen LogP contribution >= 0.6 is 23.2 Å². The number of hydrogen-bond acceptors (Lipinski definition) is 6. The smallest absolute Gasteiger partial charge is 0.258 e. The molecule has 9 nitrogen and oxygen atoms in total. The maximum atomic E-state index is 12.4. The lowest BCUT2D eigenvalue weighted by atomic mass is 10.0. The van der Waals surface area contributed by atoms with Crippen LogP contribution in [-0.2, 0) is 6.54 Å². The second-order valence-corrected chi connectivity index (χ2v) is 10.9. The third kappa shape index (κ3) is 8.69. The average molecular weight is 574 g/mol. The second-order valence-electron chi connectivity index (χ2n) is 10.0. The quantitative estimate of drug-likeness (QED) is 0.113. The molecule has 1 aromatic heterocycles. The Kier molecular flexibility index (Phi) is 11.2. The number of nitrogens with zero attached hydrogens (tertiary/aromatic N) is 4. The van der Waals surface area contributed by atoms with Gasteiger partial charge in [-0.15, -0.1) is 5.10 Å². The predicted molar refractivity (Wildman–Crippen MR) is 160 cm³/mol. The van der Waals surface area contributed by atoms with Crippen LogP contribution in [0.25, 0.3) is 11.3 Å². The first-order valence-corrected chi connectivity index (χ1v) is 13.8. The summed E-state index contributed by atoms with van der Waals surface area (Å²) in [5.41, 5.74) is 6.48. The molecular weight excluding hydrogens is 535 g/mol. The average Bonchev–Trinajstić information content (AvgIpc) is 3.32. The van der Waals surface area contributed by atoms with E-state index in [-0.39, 0.29) is 17.8 Å². The summed E-state index contributed by atoms with van der Waals surface area (Å²) in [5, 5.41) is 12.0. The lowest BCUT2D eigenvalue weighted by molar-refractivity contribution is 0.0975. The highest BCUT2D eigenvalue weighted by Gasteiger charge is 2.18. The van der Waals surface area contributed by atoms with Gasteiger partial charge in [-0.1, -0.05) is 63.0 Å². The molecule has 3 rings (SSSR count). The number of rotatable bonds is 11. The number of aromatic nitrogens is 2. The summed E-state index contributed by atoms with van der Waals surface area (Å²) in [7, 11) is 0. The molecule has 0 saturated carbocycles. The van der Waals surface area contributed by atoms with Crippen molar-refractivity contribution in [3.05, 3.63) is 75.4 Å². The lowest BCUT2D eigenvalue weighted by Gasteiger charge is -2.24. The maximum Gasteiger partial charge on any atom is 0.258 e. The van der Waals surface area contributed by atoms with Crippen molar-refractivity contribution in [3.8, 4) is 11.3 Å². The van der Waals surface area contributed by atoms with Crippen LogP contribution in [0.3, 0.4) is 0 Å². The molecular formula is C28H38Cl2N8O. The Labute approximate surface area is 240 Å². The highest BCUT2D eigenvalue weighted by Crippen LogP contribution is 2.30. The van der Waals surface area contributed by atoms with Crippen LogP contribution in [0, 0.1) is 5.92 Å². The van der Waals surface area contributed by atoms with Crippen molar-refractivity contribution < 1.29 is 4.79 Å². The number of hydrazine groups is 1. The Bertz CT molecular complexity index is 1250. The van der Waals surface area contributed by atoms with Gasteiger partial charge in [0.05, 0.1) is 12.2 Å². The number of guanidine groups is 1. The molecule has 0 bridgehead atoms. The molecule has 2 aromatic carbocycles. The molecule has 0 saturated heterocycles. The van der Waals surface area contributed by atoms with E-state index >= 15 is 0 Å². The van der Waals surface area contributed by atoms with E-state index in [0.29, 0.717) is 28.1 Å². The van der Waals surface area contributed by atoms with Gasteiger partial charge in [-0.3, -0.25) is 20.2 Å². The van der Waals surface area contributed by atoms with Gasteiger partial charge in [0.2, 0.25) is 5.96 Å². The Morgan fingerprint density at radius 3 is 2.33 bits per heavy atom. The molecule has 1 amide bonds. The molecule has 0 fully saturated rings. The number of benzene rings is 2. The van der Waals surface area contributed by atoms with Crippen LogP contribution in [0.5, 0.6) is 0 Å². The van der Waals surface area contributed by atoms with Crippen molar-refractivity contribution in [3.63, 3.8) is 0 Å². The van der Waals surface area contributed by atoms with Gasteiger partial charge in [-0.25, -0.2) is 5.84 Å². The first-order chi connectivity index (χ1) is 18.6. The van der Waals surface area contributed by atoms with Crippen molar-refractivity contribution in [1.82, 2.24) is 25.4 Å². The molecule has 0 radical (unpaired) electrons. The fraction of sp³-hybridized carbons (Fsp3) is 0.393. The number of carbonyl (C=O) groups excluding carboxylic acids is 1. The number of carbonyl (C=O) groups is 1. The summed E-state index contributed by atoms with van der Waals surface area (Å²) < 4.78 is 2.03. The van der Waals surface area contributed by atoms with Crippen LogP contribution in [0.1, 0.15) is 61.6 Å². The molecule has 3 aromatic rings. The van der Waals surface area contributed by atoms with Crippen LogP contribution in [0.2, 0.25) is 10.0 Å². The van der Waals surface area contributed by atoms with Gasteiger partial charge in [0.25, 0.3) is 5.91 Å². The van der Waals surface area contributed by atoms with E-state index in [1.807, 2.05) is 28.9 Å². The van der Waals surface area contributed by atoms with E-state index in [1.165, 1.54) is 0 Å². The highest BCUT2D eigenvalue weighted by molar-refractivity contribution is 6.35.